The maximum absolute atomic E-state index is 13.2. The first kappa shape index (κ1) is 22.6. The summed E-state index contributed by atoms with van der Waals surface area (Å²) in [6, 6.07) is 4.94. The van der Waals surface area contributed by atoms with Crippen molar-refractivity contribution >= 4 is 21.8 Å². The molecule has 2 aliphatic heterocycles. The van der Waals surface area contributed by atoms with Gasteiger partial charge in [-0.1, -0.05) is 12.8 Å². The number of hydrogen-bond donors (Lipinski definition) is 2. The van der Waals surface area contributed by atoms with Crippen LogP contribution in [0.15, 0.2) is 40.0 Å². The second kappa shape index (κ2) is 9.91. The molecule has 32 heavy (non-hydrogen) atoms. The van der Waals surface area contributed by atoms with Gasteiger partial charge in [0.05, 0.1) is 18.7 Å². The van der Waals surface area contributed by atoms with Crippen LogP contribution < -0.4 is 5.32 Å². The lowest BCUT2D eigenvalue weighted by atomic mass is 9.99. The molecule has 0 saturated carbocycles. The van der Waals surface area contributed by atoms with Crippen molar-refractivity contribution in [2.24, 2.45) is 5.92 Å². The van der Waals surface area contributed by atoms with Crippen LogP contribution in [-0.4, -0.2) is 60.6 Å². The monoisotopic (exact) mass is 462 g/mol. The predicted octanol–water partition coefficient (Wildman–Crippen LogP) is 2.34. The number of furan rings is 1. The predicted molar refractivity (Wildman–Crippen MR) is 117 cm³/mol. The fraction of sp³-hybridized carbons (Fsp3) is 0.545. The summed E-state index contributed by atoms with van der Waals surface area (Å²) in [5.41, 5.74) is 0.287. The van der Waals surface area contributed by atoms with Crippen LogP contribution >= 0.6 is 0 Å². The van der Waals surface area contributed by atoms with Gasteiger partial charge in [-0.25, -0.2) is 8.42 Å². The highest BCUT2D eigenvalue weighted by molar-refractivity contribution is 7.89. The molecule has 0 aromatic carbocycles. The van der Waals surface area contributed by atoms with Crippen molar-refractivity contribution in [3.05, 3.63) is 42.1 Å². The van der Waals surface area contributed by atoms with Crippen LogP contribution in [0.25, 0.3) is 0 Å². The summed E-state index contributed by atoms with van der Waals surface area (Å²) in [5, 5.41) is 2.82. The van der Waals surface area contributed by atoms with Crippen molar-refractivity contribution in [3.63, 3.8) is 0 Å². The average Bonchev–Trinajstić information content (AvgIpc) is 3.44. The Balaban J connectivity index is 1.40. The van der Waals surface area contributed by atoms with Crippen LogP contribution in [0.1, 0.15) is 54.8 Å². The van der Waals surface area contributed by atoms with E-state index in [9.17, 15) is 18.0 Å². The van der Waals surface area contributed by atoms with Gasteiger partial charge in [-0.2, -0.15) is 4.31 Å². The van der Waals surface area contributed by atoms with Gasteiger partial charge in [-0.3, -0.25) is 9.59 Å². The molecule has 1 atom stereocenters. The fourth-order valence-corrected chi connectivity index (χ4v) is 5.86. The molecule has 2 aliphatic rings. The molecule has 2 aromatic rings. The number of carbonyl (C=O) groups excluding carboxylic acids is 2. The second-order valence-electron chi connectivity index (χ2n) is 8.45. The van der Waals surface area contributed by atoms with E-state index in [1.165, 1.54) is 16.6 Å². The topological polar surface area (TPSA) is 116 Å². The lowest BCUT2D eigenvalue weighted by molar-refractivity contribution is -0.126. The highest BCUT2D eigenvalue weighted by atomic mass is 32.2. The van der Waals surface area contributed by atoms with E-state index in [1.807, 2.05) is 0 Å². The first-order valence-corrected chi connectivity index (χ1v) is 12.7. The molecule has 2 aromatic heterocycles. The van der Waals surface area contributed by atoms with Gasteiger partial charge in [-0.05, 0) is 43.9 Å². The van der Waals surface area contributed by atoms with Gasteiger partial charge < -0.3 is 19.6 Å². The molecule has 10 heteroatoms. The molecule has 0 bridgehead atoms. The summed E-state index contributed by atoms with van der Waals surface area (Å²) in [6.45, 7) is 2.13. The lowest BCUT2D eigenvalue weighted by Crippen LogP contribution is -2.45. The number of amides is 2. The van der Waals surface area contributed by atoms with E-state index in [0.29, 0.717) is 38.2 Å². The van der Waals surface area contributed by atoms with Gasteiger partial charge in [0.1, 0.15) is 16.3 Å². The zero-order valence-electron chi connectivity index (χ0n) is 18.1. The fourth-order valence-electron chi connectivity index (χ4n) is 4.35. The van der Waals surface area contributed by atoms with Crippen molar-refractivity contribution < 1.29 is 22.4 Å². The summed E-state index contributed by atoms with van der Waals surface area (Å²) in [6.07, 6.45) is 8.30. The minimum absolute atomic E-state index is 0.0623. The van der Waals surface area contributed by atoms with Gasteiger partial charge >= 0.3 is 0 Å². The summed E-state index contributed by atoms with van der Waals surface area (Å²) < 4.78 is 33.0. The Morgan fingerprint density at radius 3 is 2.62 bits per heavy atom. The largest absolute Gasteiger partial charge is 0.467 e. The third-order valence-electron chi connectivity index (χ3n) is 6.19. The SMILES string of the molecule is O=C(NCc1ccco1)C1CCCN(S(=O)(=O)c2c[nH]c(C(=O)N3CCCCCC3)c2)C1. The first-order chi connectivity index (χ1) is 15.4. The Morgan fingerprint density at radius 1 is 1.12 bits per heavy atom. The number of nitrogens with zero attached hydrogens (tertiary/aromatic N) is 2. The molecule has 2 amide bonds. The third kappa shape index (κ3) is 5.07. The smallest absolute Gasteiger partial charge is 0.270 e. The molecular weight excluding hydrogens is 432 g/mol. The zero-order chi connectivity index (χ0) is 22.6. The molecule has 1 unspecified atom stereocenters. The molecule has 2 saturated heterocycles. The molecule has 4 rings (SSSR count). The van der Waals surface area contributed by atoms with E-state index in [1.54, 1.807) is 23.3 Å². The van der Waals surface area contributed by atoms with Gasteiger partial charge in [-0.15, -0.1) is 0 Å². The van der Waals surface area contributed by atoms with Crippen LogP contribution in [0.2, 0.25) is 0 Å². The summed E-state index contributed by atoms with van der Waals surface area (Å²) in [4.78, 5) is 30.1. The Hall–Kier alpha value is -2.59. The van der Waals surface area contributed by atoms with E-state index in [-0.39, 0.29) is 35.5 Å². The molecular formula is C22H30N4O5S. The van der Waals surface area contributed by atoms with Gasteiger partial charge in [0, 0.05) is 32.4 Å². The Kier molecular flexibility index (Phi) is 7.00. The van der Waals surface area contributed by atoms with Crippen LogP contribution in [0.3, 0.4) is 0 Å². The van der Waals surface area contributed by atoms with Crippen LogP contribution in [0.4, 0.5) is 0 Å². The zero-order valence-corrected chi connectivity index (χ0v) is 18.9. The van der Waals surface area contributed by atoms with Crippen LogP contribution in [0, 0.1) is 5.92 Å². The number of hydrogen-bond acceptors (Lipinski definition) is 5. The Morgan fingerprint density at radius 2 is 1.91 bits per heavy atom. The minimum atomic E-state index is -3.80. The van der Waals surface area contributed by atoms with Crippen molar-refractivity contribution in [3.8, 4) is 0 Å². The van der Waals surface area contributed by atoms with E-state index < -0.39 is 15.9 Å². The standard InChI is InChI=1S/C22H30N4O5S/c27-21(24-14-18-8-6-12-31-18)17-7-5-11-26(16-17)32(29,30)19-13-20(23-15-19)22(28)25-9-3-1-2-4-10-25/h6,8,12-13,15,17,23H,1-5,7,9-11,14,16H2,(H,24,27). The summed E-state index contributed by atoms with van der Waals surface area (Å²) >= 11 is 0. The van der Waals surface area contributed by atoms with Crippen molar-refractivity contribution in [1.29, 1.82) is 0 Å². The van der Waals surface area contributed by atoms with Crippen molar-refractivity contribution in [2.45, 2.75) is 50.0 Å². The quantitative estimate of drug-likeness (QED) is 0.684. The van der Waals surface area contributed by atoms with Gasteiger partial charge in [0.15, 0.2) is 0 Å². The molecule has 0 spiro atoms. The lowest BCUT2D eigenvalue weighted by Gasteiger charge is -2.30. The number of H-pyrrole nitrogens is 1. The number of sulfonamides is 1. The number of piperidine rings is 1. The average molecular weight is 463 g/mol. The van der Waals surface area contributed by atoms with E-state index in [2.05, 4.69) is 10.3 Å². The number of nitrogens with one attached hydrogen (secondary N) is 2. The summed E-state index contributed by atoms with van der Waals surface area (Å²) in [5.74, 6) is -0.132. The molecule has 2 fully saturated rings. The highest BCUT2D eigenvalue weighted by Crippen LogP contribution is 2.25. The second-order valence-corrected chi connectivity index (χ2v) is 10.4. The molecule has 2 N–H and O–H groups in total. The number of aromatic amines is 1. The van der Waals surface area contributed by atoms with Gasteiger partial charge in [0.25, 0.3) is 5.91 Å². The van der Waals surface area contributed by atoms with E-state index in [0.717, 1.165) is 25.7 Å². The van der Waals surface area contributed by atoms with Crippen LogP contribution in [0.5, 0.6) is 0 Å². The number of likely N-dealkylation sites (tertiary alicyclic amines) is 1. The molecule has 0 aliphatic carbocycles. The van der Waals surface area contributed by atoms with E-state index >= 15 is 0 Å². The number of rotatable bonds is 6. The van der Waals surface area contributed by atoms with Crippen molar-refractivity contribution in [2.75, 3.05) is 26.2 Å². The normalized spacial score (nSPS) is 20.6. The van der Waals surface area contributed by atoms with Gasteiger partial charge in [0.2, 0.25) is 15.9 Å². The Bertz CT molecular complexity index is 1020. The first-order valence-electron chi connectivity index (χ1n) is 11.2. The van der Waals surface area contributed by atoms with Crippen LogP contribution in [-0.2, 0) is 21.4 Å². The number of carbonyl (C=O) groups is 2. The molecule has 9 nitrogen and oxygen atoms in total. The maximum atomic E-state index is 13.2. The molecule has 4 heterocycles. The van der Waals surface area contributed by atoms with E-state index in [4.69, 9.17) is 4.42 Å². The maximum Gasteiger partial charge on any atom is 0.270 e. The van der Waals surface area contributed by atoms with Crippen molar-refractivity contribution in [1.82, 2.24) is 19.5 Å². The molecule has 174 valence electrons. The minimum Gasteiger partial charge on any atom is -0.467 e. The molecule has 0 radical (unpaired) electrons. The summed E-state index contributed by atoms with van der Waals surface area (Å²) in [7, 11) is -3.80. The Labute approximate surface area is 188 Å². The third-order valence-corrected chi connectivity index (χ3v) is 8.03. The highest BCUT2D eigenvalue weighted by Gasteiger charge is 2.34. The number of aromatic nitrogens is 1.